The molecular formula is C27H56N2O4. The number of aliphatic hydroxyl groups is 1. The monoisotopic (exact) mass is 472 g/mol. The summed E-state index contributed by atoms with van der Waals surface area (Å²) < 4.78 is 5.92. The van der Waals surface area contributed by atoms with E-state index in [2.05, 4.69) is 12.2 Å². The van der Waals surface area contributed by atoms with E-state index in [0.717, 1.165) is 45.2 Å². The van der Waals surface area contributed by atoms with Crippen molar-refractivity contribution in [3.63, 3.8) is 0 Å². The topological polar surface area (TPSA) is 105 Å². The normalized spacial score (nSPS) is 14.3. The number of aliphatic carboxylic acids is 1. The summed E-state index contributed by atoms with van der Waals surface area (Å²) in [6, 6.07) is -0.745. The molecule has 0 saturated heterocycles. The van der Waals surface area contributed by atoms with Crippen LogP contribution in [0.2, 0.25) is 0 Å². The molecule has 0 aromatic rings. The van der Waals surface area contributed by atoms with Crippen LogP contribution in [0, 0.1) is 0 Å². The minimum Gasteiger partial charge on any atom is -0.480 e. The summed E-state index contributed by atoms with van der Waals surface area (Å²) in [5.74, 6) is -0.924. The van der Waals surface area contributed by atoms with E-state index in [1.165, 1.54) is 77.0 Å². The minimum absolute atomic E-state index is 0.0600. The molecule has 0 spiro atoms. The van der Waals surface area contributed by atoms with Gasteiger partial charge in [0.25, 0.3) is 0 Å². The number of carbonyl (C=O) groups is 1. The molecular weight excluding hydrogens is 416 g/mol. The van der Waals surface area contributed by atoms with E-state index in [0.29, 0.717) is 13.0 Å². The third-order valence-electron chi connectivity index (χ3n) is 6.40. The molecule has 0 saturated carbocycles. The Balaban J connectivity index is 3.48. The lowest BCUT2D eigenvalue weighted by Crippen LogP contribution is -2.30. The molecule has 33 heavy (non-hydrogen) atoms. The number of aliphatic hydroxyl groups excluding tert-OH is 1. The summed E-state index contributed by atoms with van der Waals surface area (Å²) in [5, 5.41) is 22.1. The molecule has 6 nitrogen and oxygen atoms in total. The van der Waals surface area contributed by atoms with Gasteiger partial charge in [-0.25, -0.2) is 0 Å². The Kier molecular flexibility index (Phi) is 23.9. The number of hydrogen-bond acceptors (Lipinski definition) is 5. The third kappa shape index (κ3) is 22.8. The zero-order chi connectivity index (χ0) is 24.6. The second-order valence-electron chi connectivity index (χ2n) is 9.73. The molecule has 0 fully saturated rings. The molecule has 3 atom stereocenters. The quantitative estimate of drug-likeness (QED) is 0.119. The van der Waals surface area contributed by atoms with Gasteiger partial charge in [-0.15, -0.1) is 0 Å². The first-order valence-electron chi connectivity index (χ1n) is 14.0. The standard InChI is InChI=1S/C27H56N2O4/c1-3-4-5-6-7-8-9-10-11-12-13-14-15-20-26(24(2)30)33-23-18-22-29-21-17-16-19-25(28)27(31)32/h24-26,29-30H,3-23,28H2,1-2H3,(H,31,32)/t24?,25-,26?/m0/s1. The van der Waals surface area contributed by atoms with Crippen molar-refractivity contribution in [2.45, 2.75) is 148 Å². The number of carboxylic acid groups (broad SMARTS) is 1. The molecule has 198 valence electrons. The Morgan fingerprint density at radius 1 is 0.788 bits per heavy atom. The first-order valence-corrected chi connectivity index (χ1v) is 14.0. The van der Waals surface area contributed by atoms with E-state index in [4.69, 9.17) is 15.6 Å². The SMILES string of the molecule is CCCCCCCCCCCCCCCC(OCCCNCCCC[C@H](N)C(=O)O)C(C)O. The Bertz CT molecular complexity index is 421. The van der Waals surface area contributed by atoms with Crippen molar-refractivity contribution < 1.29 is 19.7 Å². The summed E-state index contributed by atoms with van der Waals surface area (Å²) in [6.45, 7) is 6.49. The molecule has 0 aliphatic heterocycles. The van der Waals surface area contributed by atoms with Gasteiger partial charge in [-0.3, -0.25) is 4.79 Å². The number of carboxylic acids is 1. The van der Waals surface area contributed by atoms with E-state index in [1.807, 2.05) is 6.92 Å². The second-order valence-corrected chi connectivity index (χ2v) is 9.73. The largest absolute Gasteiger partial charge is 0.480 e. The van der Waals surface area contributed by atoms with Crippen molar-refractivity contribution in [1.29, 1.82) is 0 Å². The second kappa shape index (κ2) is 24.4. The van der Waals surface area contributed by atoms with Gasteiger partial charge in [0.05, 0.1) is 12.2 Å². The molecule has 0 aromatic heterocycles. The fraction of sp³-hybridized carbons (Fsp3) is 0.963. The van der Waals surface area contributed by atoms with Crippen LogP contribution in [-0.2, 0) is 9.53 Å². The lowest BCUT2D eigenvalue weighted by atomic mass is 10.0. The van der Waals surface area contributed by atoms with Gasteiger partial charge < -0.3 is 26.0 Å². The maximum Gasteiger partial charge on any atom is 0.320 e. The fourth-order valence-electron chi connectivity index (χ4n) is 4.12. The molecule has 0 bridgehead atoms. The van der Waals surface area contributed by atoms with Crippen LogP contribution in [-0.4, -0.2) is 54.1 Å². The van der Waals surface area contributed by atoms with E-state index in [9.17, 15) is 9.90 Å². The molecule has 0 aliphatic carbocycles. The number of nitrogens with one attached hydrogen (secondary N) is 1. The van der Waals surface area contributed by atoms with Crippen molar-refractivity contribution in [3.05, 3.63) is 0 Å². The van der Waals surface area contributed by atoms with Gasteiger partial charge in [-0.2, -0.15) is 0 Å². The van der Waals surface area contributed by atoms with E-state index in [1.54, 1.807) is 0 Å². The zero-order valence-electron chi connectivity index (χ0n) is 21.9. The molecule has 0 radical (unpaired) electrons. The Morgan fingerprint density at radius 2 is 1.27 bits per heavy atom. The maximum absolute atomic E-state index is 10.7. The van der Waals surface area contributed by atoms with Crippen molar-refractivity contribution in [2.24, 2.45) is 5.73 Å². The highest BCUT2D eigenvalue weighted by Crippen LogP contribution is 2.15. The molecule has 6 heteroatoms. The van der Waals surface area contributed by atoms with Crippen molar-refractivity contribution in [1.82, 2.24) is 5.32 Å². The average Bonchev–Trinajstić information content (AvgIpc) is 2.79. The van der Waals surface area contributed by atoms with Gasteiger partial charge in [-0.1, -0.05) is 96.8 Å². The molecule has 2 unspecified atom stereocenters. The minimum atomic E-state index is -0.924. The number of hydrogen-bond donors (Lipinski definition) is 4. The van der Waals surface area contributed by atoms with Crippen LogP contribution in [0.1, 0.15) is 129 Å². The van der Waals surface area contributed by atoms with Crippen LogP contribution >= 0.6 is 0 Å². The summed E-state index contributed by atoms with van der Waals surface area (Å²) in [6.07, 6.45) is 21.2. The molecule has 0 amide bonds. The fourth-order valence-corrected chi connectivity index (χ4v) is 4.12. The molecule has 0 rings (SSSR count). The number of unbranched alkanes of at least 4 members (excludes halogenated alkanes) is 13. The van der Waals surface area contributed by atoms with Gasteiger partial charge in [0.2, 0.25) is 0 Å². The summed E-state index contributed by atoms with van der Waals surface area (Å²) >= 11 is 0. The van der Waals surface area contributed by atoms with Crippen LogP contribution in [0.15, 0.2) is 0 Å². The molecule has 0 aromatic carbocycles. The first kappa shape index (κ1) is 32.3. The average molecular weight is 473 g/mol. The van der Waals surface area contributed by atoms with Gasteiger partial charge in [-0.05, 0) is 45.7 Å². The van der Waals surface area contributed by atoms with E-state index < -0.39 is 18.1 Å². The highest BCUT2D eigenvalue weighted by Gasteiger charge is 2.15. The summed E-state index contributed by atoms with van der Waals surface area (Å²) in [4.78, 5) is 10.7. The number of rotatable bonds is 26. The van der Waals surface area contributed by atoms with Crippen LogP contribution in [0.4, 0.5) is 0 Å². The number of ether oxygens (including phenoxy) is 1. The summed E-state index contributed by atoms with van der Waals surface area (Å²) in [5.41, 5.74) is 5.49. The van der Waals surface area contributed by atoms with E-state index in [-0.39, 0.29) is 6.10 Å². The van der Waals surface area contributed by atoms with Crippen LogP contribution < -0.4 is 11.1 Å². The van der Waals surface area contributed by atoms with Crippen LogP contribution in [0.3, 0.4) is 0 Å². The van der Waals surface area contributed by atoms with Gasteiger partial charge in [0.15, 0.2) is 0 Å². The molecule has 5 N–H and O–H groups in total. The Hall–Kier alpha value is -0.690. The van der Waals surface area contributed by atoms with E-state index >= 15 is 0 Å². The zero-order valence-corrected chi connectivity index (χ0v) is 21.9. The van der Waals surface area contributed by atoms with Gasteiger partial charge in [0.1, 0.15) is 6.04 Å². The Labute approximate surface area is 204 Å². The van der Waals surface area contributed by atoms with Crippen LogP contribution in [0.5, 0.6) is 0 Å². The maximum atomic E-state index is 10.7. The Morgan fingerprint density at radius 3 is 1.79 bits per heavy atom. The molecule has 0 heterocycles. The summed E-state index contributed by atoms with van der Waals surface area (Å²) in [7, 11) is 0. The van der Waals surface area contributed by atoms with Crippen molar-refractivity contribution in [2.75, 3.05) is 19.7 Å². The lowest BCUT2D eigenvalue weighted by molar-refractivity contribution is -0.138. The highest BCUT2D eigenvalue weighted by molar-refractivity contribution is 5.72. The first-order chi connectivity index (χ1) is 16.0. The highest BCUT2D eigenvalue weighted by atomic mass is 16.5. The smallest absolute Gasteiger partial charge is 0.320 e. The lowest BCUT2D eigenvalue weighted by Gasteiger charge is -2.20. The van der Waals surface area contributed by atoms with Crippen molar-refractivity contribution >= 4 is 5.97 Å². The predicted molar refractivity (Wildman–Crippen MR) is 139 cm³/mol. The van der Waals surface area contributed by atoms with Gasteiger partial charge >= 0.3 is 5.97 Å². The predicted octanol–water partition coefficient (Wildman–Crippen LogP) is 5.80. The third-order valence-corrected chi connectivity index (χ3v) is 6.40. The van der Waals surface area contributed by atoms with Gasteiger partial charge in [0, 0.05) is 6.61 Å². The van der Waals surface area contributed by atoms with Crippen molar-refractivity contribution in [3.8, 4) is 0 Å². The van der Waals surface area contributed by atoms with Crippen LogP contribution in [0.25, 0.3) is 0 Å². The molecule has 0 aliphatic rings. The number of nitrogens with two attached hydrogens (primary N) is 1.